The summed E-state index contributed by atoms with van der Waals surface area (Å²) in [6.45, 7) is 0. The Balaban J connectivity index is 2.36. The number of carboxylic acids is 4. The zero-order valence-corrected chi connectivity index (χ0v) is 30.8. The molecule has 0 aliphatic rings. The average molecular weight is 809 g/mol. The van der Waals surface area contributed by atoms with Gasteiger partial charge in [-0.3, -0.25) is 43.2 Å². The molecule has 1 heterocycles. The smallest absolute Gasteiger partial charge is 0.326 e. The summed E-state index contributed by atoms with van der Waals surface area (Å²) in [7, 11) is 0. The number of hydrogen-bond donors (Lipinski definition) is 12. The fourth-order valence-corrected chi connectivity index (χ4v) is 5.68. The van der Waals surface area contributed by atoms with Crippen LogP contribution >= 0.6 is 11.8 Å². The number of aromatic amines is 1. The molecule has 0 aliphatic heterocycles. The number of carboxylic acid groups (broad SMARTS) is 4. The maximum Gasteiger partial charge on any atom is 0.326 e. The van der Waals surface area contributed by atoms with E-state index in [1.54, 1.807) is 36.7 Å². The molecule has 0 saturated heterocycles. The number of aromatic nitrogens is 1. The van der Waals surface area contributed by atoms with E-state index in [1.807, 2.05) is 0 Å². The lowest BCUT2D eigenvalue weighted by Gasteiger charge is -2.26. The second kappa shape index (κ2) is 22.2. The van der Waals surface area contributed by atoms with Crippen LogP contribution in [0.15, 0.2) is 30.5 Å². The Morgan fingerprint density at radius 2 is 1.16 bits per heavy atom. The Kier molecular flexibility index (Phi) is 18.2. The Bertz CT molecular complexity index is 1800. The van der Waals surface area contributed by atoms with Gasteiger partial charge in [-0.15, -0.1) is 0 Å². The van der Waals surface area contributed by atoms with Crippen LogP contribution in [0.2, 0.25) is 0 Å². The summed E-state index contributed by atoms with van der Waals surface area (Å²) < 4.78 is 0. The van der Waals surface area contributed by atoms with Crippen LogP contribution in [0.1, 0.15) is 44.1 Å². The molecule has 306 valence electrons. The van der Waals surface area contributed by atoms with Gasteiger partial charge in [-0.2, -0.15) is 11.8 Å². The van der Waals surface area contributed by atoms with Gasteiger partial charge in [0.1, 0.15) is 30.2 Å². The van der Waals surface area contributed by atoms with Crippen LogP contribution in [0.4, 0.5) is 0 Å². The van der Waals surface area contributed by atoms with Gasteiger partial charge in [-0.1, -0.05) is 18.2 Å². The number of nitrogens with two attached hydrogens (primary N) is 2. The molecule has 2 rings (SSSR count). The summed E-state index contributed by atoms with van der Waals surface area (Å²) in [5, 5.41) is 49.1. The first-order valence-corrected chi connectivity index (χ1v) is 18.2. The lowest BCUT2D eigenvalue weighted by molar-refractivity contribution is -0.144. The predicted molar refractivity (Wildman–Crippen MR) is 195 cm³/mol. The highest BCUT2D eigenvalue weighted by Gasteiger charge is 2.35. The molecule has 0 radical (unpaired) electrons. The maximum atomic E-state index is 13.7. The van der Waals surface area contributed by atoms with Crippen LogP contribution in [0, 0.1) is 0 Å². The molecule has 6 atom stereocenters. The normalized spacial score (nSPS) is 14.1. The van der Waals surface area contributed by atoms with Gasteiger partial charge >= 0.3 is 23.9 Å². The van der Waals surface area contributed by atoms with E-state index < -0.39 is 128 Å². The number of benzene rings is 1. The number of hydrogen-bond acceptors (Lipinski definition) is 12. The van der Waals surface area contributed by atoms with Gasteiger partial charge in [0.2, 0.25) is 35.4 Å². The number of primary amides is 1. The highest BCUT2D eigenvalue weighted by atomic mass is 32.2. The van der Waals surface area contributed by atoms with Gasteiger partial charge in [0.25, 0.3) is 0 Å². The van der Waals surface area contributed by atoms with E-state index in [-0.39, 0.29) is 18.6 Å². The van der Waals surface area contributed by atoms with Gasteiger partial charge < -0.3 is 63.5 Å². The summed E-state index contributed by atoms with van der Waals surface area (Å²) in [6, 6.07) is -3.25. The first kappa shape index (κ1) is 45.9. The van der Waals surface area contributed by atoms with E-state index in [0.717, 1.165) is 0 Å². The molecule has 0 spiro atoms. The minimum Gasteiger partial charge on any atom is -0.481 e. The second-order valence-electron chi connectivity index (χ2n) is 12.4. The van der Waals surface area contributed by atoms with E-state index in [9.17, 15) is 63.3 Å². The third-order valence-electron chi connectivity index (χ3n) is 8.02. The Hall–Kier alpha value is -6.23. The van der Waals surface area contributed by atoms with E-state index in [0.29, 0.717) is 16.5 Å². The predicted octanol–water partition coefficient (Wildman–Crippen LogP) is -3.01. The van der Waals surface area contributed by atoms with Crippen molar-refractivity contribution in [1.29, 1.82) is 0 Å². The summed E-state index contributed by atoms with van der Waals surface area (Å²) in [5.41, 5.74) is 12.1. The minimum atomic E-state index is -1.98. The van der Waals surface area contributed by atoms with Gasteiger partial charge in [-0.05, 0) is 36.5 Å². The molecule has 0 bridgehead atoms. The molecular weight excluding hydrogens is 764 g/mol. The maximum absolute atomic E-state index is 13.7. The fraction of sp³-hybridized carbons (Fsp3) is 0.455. The highest BCUT2D eigenvalue weighted by molar-refractivity contribution is 7.98. The molecule has 1 aromatic heterocycles. The molecule has 2 aromatic rings. The van der Waals surface area contributed by atoms with Gasteiger partial charge in [0, 0.05) is 29.9 Å². The summed E-state index contributed by atoms with van der Waals surface area (Å²) in [6.07, 6.45) is -1.07. The molecule has 1 aromatic carbocycles. The first-order valence-electron chi connectivity index (χ1n) is 16.8. The Morgan fingerprint density at radius 1 is 0.661 bits per heavy atom. The molecule has 0 unspecified atom stereocenters. The van der Waals surface area contributed by atoms with Crippen molar-refractivity contribution in [3.63, 3.8) is 0 Å². The number of para-hydroxylation sites is 1. The average Bonchev–Trinajstić information content (AvgIpc) is 3.52. The van der Waals surface area contributed by atoms with Crippen molar-refractivity contribution in [2.24, 2.45) is 11.5 Å². The SMILES string of the molecule is CSCC[C@H](NC(=O)[C@H](CC(=O)O)NC(=O)[C@H](CC(=O)O)NC(=O)[C@H](Cc1c[nH]c2ccccc12)NC(=O)[C@@H](N)CC(N)=O)C(=O)N[C@@H](CCC(=O)O)C(=O)O. The number of rotatable bonds is 25. The van der Waals surface area contributed by atoms with E-state index in [2.05, 4.69) is 31.6 Å². The van der Waals surface area contributed by atoms with E-state index in [4.69, 9.17) is 16.6 Å². The van der Waals surface area contributed by atoms with E-state index in [1.165, 1.54) is 11.8 Å². The molecule has 0 fully saturated rings. The van der Waals surface area contributed by atoms with Crippen molar-refractivity contribution < 1.29 is 68.4 Å². The summed E-state index contributed by atoms with van der Waals surface area (Å²) >= 11 is 1.23. The number of fused-ring (bicyclic) bond motifs is 1. The topological polar surface area (TPSA) is 380 Å². The number of thioether (sulfide) groups is 1. The van der Waals surface area contributed by atoms with Crippen molar-refractivity contribution in [3.05, 3.63) is 36.0 Å². The van der Waals surface area contributed by atoms with Crippen LogP contribution in [0.3, 0.4) is 0 Å². The molecule has 23 heteroatoms. The van der Waals surface area contributed by atoms with Gasteiger partial charge in [0.15, 0.2) is 0 Å². The molecule has 14 N–H and O–H groups in total. The third-order valence-corrected chi connectivity index (χ3v) is 8.66. The van der Waals surface area contributed by atoms with Crippen molar-refractivity contribution in [3.8, 4) is 0 Å². The molecule has 6 amide bonds. The number of H-pyrrole nitrogens is 1. The lowest BCUT2D eigenvalue weighted by atomic mass is 10.0. The summed E-state index contributed by atoms with van der Waals surface area (Å²) in [4.78, 5) is 127. The largest absolute Gasteiger partial charge is 0.481 e. The number of aliphatic carboxylic acids is 4. The quantitative estimate of drug-likeness (QED) is 0.0475. The van der Waals surface area contributed by atoms with Crippen LogP contribution in [-0.4, -0.2) is 133 Å². The lowest BCUT2D eigenvalue weighted by Crippen LogP contribution is -2.60. The minimum absolute atomic E-state index is 0.123. The highest BCUT2D eigenvalue weighted by Crippen LogP contribution is 2.19. The monoisotopic (exact) mass is 808 g/mol. The van der Waals surface area contributed by atoms with Crippen LogP contribution in [0.25, 0.3) is 10.9 Å². The number of carbonyl (C=O) groups excluding carboxylic acids is 6. The van der Waals surface area contributed by atoms with Crippen LogP contribution in [0.5, 0.6) is 0 Å². The van der Waals surface area contributed by atoms with Gasteiger partial charge in [-0.25, -0.2) is 4.79 Å². The van der Waals surface area contributed by atoms with Crippen molar-refractivity contribution in [2.45, 2.75) is 81.2 Å². The number of amides is 6. The number of carbonyl (C=O) groups is 10. The molecule has 0 saturated carbocycles. The zero-order chi connectivity index (χ0) is 42.1. The second-order valence-corrected chi connectivity index (χ2v) is 13.4. The van der Waals surface area contributed by atoms with Crippen molar-refractivity contribution >= 4 is 82.0 Å². The Morgan fingerprint density at radius 3 is 1.68 bits per heavy atom. The molecule has 0 aliphatic carbocycles. The zero-order valence-electron chi connectivity index (χ0n) is 29.9. The third kappa shape index (κ3) is 15.3. The number of nitrogens with one attached hydrogen (secondary N) is 6. The molecule has 22 nitrogen and oxygen atoms in total. The molecule has 56 heavy (non-hydrogen) atoms. The van der Waals surface area contributed by atoms with E-state index >= 15 is 0 Å². The van der Waals surface area contributed by atoms with Crippen molar-refractivity contribution in [1.82, 2.24) is 31.6 Å². The van der Waals surface area contributed by atoms with Crippen molar-refractivity contribution in [2.75, 3.05) is 12.0 Å². The summed E-state index contributed by atoms with van der Waals surface area (Å²) in [5.74, 6) is -12.6. The van der Waals surface area contributed by atoms with Crippen LogP contribution in [-0.2, 0) is 54.4 Å². The Labute approximate surface area is 322 Å². The fourth-order valence-electron chi connectivity index (χ4n) is 5.20. The van der Waals surface area contributed by atoms with Gasteiger partial charge in [0.05, 0.1) is 25.3 Å². The molecular formula is C33H44N8O14S. The standard InChI is InChI=1S/C33H44N8O14S/c1-56-9-8-19(29(50)38-20(33(54)55)6-7-25(43)44)37-31(52)22(12-26(45)46)41-32(53)23(13-27(47)48)40-30(51)21(39-28(49)17(34)11-24(35)42)10-15-14-36-18-5-3-2-4-16(15)18/h2-5,14,17,19-23,36H,6-13,34H2,1H3,(H2,35,42)(H,37,52)(H,38,50)(H,39,49)(H,40,51)(H,41,53)(H,43,44)(H,45,46)(H,47,48)(H,54,55)/t17-,19-,20-,21-,22-,23-/m0/s1. The van der Waals surface area contributed by atoms with Crippen LogP contribution < -0.4 is 38.1 Å². The first-order chi connectivity index (χ1) is 26.3.